The van der Waals surface area contributed by atoms with Crippen molar-refractivity contribution in [2.45, 2.75) is 26.2 Å². The molecule has 1 aromatic heterocycles. The maximum Gasteiger partial charge on any atom is 0.172 e. The Labute approximate surface area is 95.3 Å². The Bertz CT molecular complexity index is 339. The third-order valence-corrected chi connectivity index (χ3v) is 2.20. The summed E-state index contributed by atoms with van der Waals surface area (Å²) < 4.78 is 5.45. The van der Waals surface area contributed by atoms with Crippen molar-refractivity contribution < 1.29 is 14.6 Å². The second-order valence-electron chi connectivity index (χ2n) is 3.59. The summed E-state index contributed by atoms with van der Waals surface area (Å²) in [5.74, 6) is 0.532. The molecule has 4 nitrogen and oxygen atoms in total. The van der Waals surface area contributed by atoms with Gasteiger partial charge in [0.1, 0.15) is 11.4 Å². The predicted octanol–water partition coefficient (Wildman–Crippen LogP) is 1.74. The van der Waals surface area contributed by atoms with E-state index in [1.807, 2.05) is 13.0 Å². The number of aromatic nitrogens is 1. The second-order valence-corrected chi connectivity index (χ2v) is 3.59. The number of aliphatic hydroxyl groups excluding tert-OH is 1. The molecule has 0 spiro atoms. The van der Waals surface area contributed by atoms with Crippen LogP contribution in [0.4, 0.5) is 0 Å². The molecule has 0 saturated carbocycles. The van der Waals surface area contributed by atoms with Gasteiger partial charge in [-0.15, -0.1) is 0 Å². The lowest BCUT2D eigenvalue weighted by atomic mass is 10.2. The number of unbranched alkanes of at least 4 members (excludes halogenated alkanes) is 2. The Kier molecular flexibility index (Phi) is 5.50. The third-order valence-electron chi connectivity index (χ3n) is 2.20. The minimum absolute atomic E-state index is 0.214. The average Bonchev–Trinajstić information content (AvgIpc) is 2.30. The van der Waals surface area contributed by atoms with Crippen LogP contribution in [0.25, 0.3) is 0 Å². The number of aryl methyl sites for hydroxylation is 1. The van der Waals surface area contributed by atoms with E-state index in [1.165, 1.54) is 0 Å². The fourth-order valence-corrected chi connectivity index (χ4v) is 1.34. The molecular formula is C12H17NO3. The van der Waals surface area contributed by atoms with Gasteiger partial charge in [0.15, 0.2) is 6.29 Å². The van der Waals surface area contributed by atoms with Gasteiger partial charge >= 0.3 is 0 Å². The van der Waals surface area contributed by atoms with Crippen LogP contribution in [0.3, 0.4) is 0 Å². The van der Waals surface area contributed by atoms with Crippen molar-refractivity contribution >= 4 is 6.29 Å². The molecule has 16 heavy (non-hydrogen) atoms. The number of ether oxygens (including phenoxy) is 1. The van der Waals surface area contributed by atoms with Crippen molar-refractivity contribution in [3.05, 3.63) is 23.5 Å². The predicted molar refractivity (Wildman–Crippen MR) is 60.8 cm³/mol. The summed E-state index contributed by atoms with van der Waals surface area (Å²) in [6.45, 7) is 2.59. The van der Waals surface area contributed by atoms with Gasteiger partial charge in [0, 0.05) is 12.3 Å². The minimum atomic E-state index is 0.214. The van der Waals surface area contributed by atoms with Crippen LogP contribution in [-0.2, 0) is 0 Å². The van der Waals surface area contributed by atoms with E-state index in [0.29, 0.717) is 24.3 Å². The monoisotopic (exact) mass is 223 g/mol. The maximum absolute atomic E-state index is 10.7. The molecule has 88 valence electrons. The third kappa shape index (κ3) is 3.98. The highest BCUT2D eigenvalue weighted by Gasteiger charge is 2.04. The standard InChI is InChI=1S/C12H17NO3/c1-10-5-6-12(11(9-15)13-10)16-8-4-2-3-7-14/h5-6,9,14H,2-4,7-8H2,1H3. The molecule has 0 saturated heterocycles. The van der Waals surface area contributed by atoms with Crippen LogP contribution in [-0.4, -0.2) is 29.6 Å². The summed E-state index contributed by atoms with van der Waals surface area (Å²) in [4.78, 5) is 14.8. The van der Waals surface area contributed by atoms with Gasteiger partial charge in [-0.25, -0.2) is 4.98 Å². The van der Waals surface area contributed by atoms with Gasteiger partial charge in [-0.2, -0.15) is 0 Å². The quantitative estimate of drug-likeness (QED) is 0.565. The molecular weight excluding hydrogens is 206 g/mol. The van der Waals surface area contributed by atoms with E-state index < -0.39 is 0 Å². The molecule has 0 aliphatic heterocycles. The van der Waals surface area contributed by atoms with E-state index in [4.69, 9.17) is 9.84 Å². The molecule has 1 heterocycles. The number of aliphatic hydroxyl groups is 1. The average molecular weight is 223 g/mol. The van der Waals surface area contributed by atoms with Gasteiger partial charge in [0.05, 0.1) is 6.61 Å². The summed E-state index contributed by atoms with van der Waals surface area (Å²) in [5, 5.41) is 8.60. The molecule has 0 atom stereocenters. The van der Waals surface area contributed by atoms with Gasteiger partial charge < -0.3 is 9.84 Å². The molecule has 4 heteroatoms. The van der Waals surface area contributed by atoms with E-state index >= 15 is 0 Å². The van der Waals surface area contributed by atoms with Crippen LogP contribution in [0, 0.1) is 6.92 Å². The Morgan fingerprint density at radius 1 is 1.38 bits per heavy atom. The lowest BCUT2D eigenvalue weighted by molar-refractivity contribution is 0.111. The molecule has 0 aliphatic rings. The molecule has 0 fully saturated rings. The molecule has 0 bridgehead atoms. The van der Waals surface area contributed by atoms with Gasteiger partial charge in [-0.05, 0) is 38.3 Å². The number of hydrogen-bond donors (Lipinski definition) is 1. The Morgan fingerprint density at radius 2 is 2.19 bits per heavy atom. The SMILES string of the molecule is Cc1ccc(OCCCCCO)c(C=O)n1. The largest absolute Gasteiger partial charge is 0.491 e. The van der Waals surface area contributed by atoms with Crippen LogP contribution in [0.1, 0.15) is 35.4 Å². The van der Waals surface area contributed by atoms with Crippen molar-refractivity contribution in [1.29, 1.82) is 0 Å². The topological polar surface area (TPSA) is 59.4 Å². The fourth-order valence-electron chi connectivity index (χ4n) is 1.34. The highest BCUT2D eigenvalue weighted by Crippen LogP contribution is 2.15. The second kappa shape index (κ2) is 6.95. The first-order chi connectivity index (χ1) is 7.77. The van der Waals surface area contributed by atoms with Crippen molar-refractivity contribution in [3.63, 3.8) is 0 Å². The summed E-state index contributed by atoms with van der Waals surface area (Å²) in [7, 11) is 0. The van der Waals surface area contributed by atoms with Crippen molar-refractivity contribution in [1.82, 2.24) is 4.98 Å². The molecule has 0 aliphatic carbocycles. The molecule has 1 N–H and O–H groups in total. The summed E-state index contributed by atoms with van der Waals surface area (Å²) in [6.07, 6.45) is 3.28. The molecule has 0 aromatic carbocycles. The van der Waals surface area contributed by atoms with Crippen LogP contribution < -0.4 is 4.74 Å². The molecule has 0 radical (unpaired) electrons. The summed E-state index contributed by atoms with van der Waals surface area (Å²) in [6, 6.07) is 3.58. The van der Waals surface area contributed by atoms with Crippen LogP contribution in [0.2, 0.25) is 0 Å². The fraction of sp³-hybridized carbons (Fsp3) is 0.500. The number of rotatable bonds is 7. The lowest BCUT2D eigenvalue weighted by Crippen LogP contribution is -2.02. The minimum Gasteiger partial charge on any atom is -0.491 e. The number of hydrogen-bond acceptors (Lipinski definition) is 4. The highest BCUT2D eigenvalue weighted by molar-refractivity contribution is 5.76. The zero-order valence-electron chi connectivity index (χ0n) is 9.48. The molecule has 0 unspecified atom stereocenters. The van der Waals surface area contributed by atoms with Gasteiger partial charge in [0.2, 0.25) is 0 Å². The zero-order chi connectivity index (χ0) is 11.8. The number of carbonyl (C=O) groups excluding carboxylic acids is 1. The summed E-state index contributed by atoms with van der Waals surface area (Å²) in [5.41, 5.74) is 1.15. The first kappa shape index (κ1) is 12.6. The number of aldehydes is 1. The maximum atomic E-state index is 10.7. The van der Waals surface area contributed by atoms with E-state index in [1.54, 1.807) is 6.07 Å². The van der Waals surface area contributed by atoms with Crippen molar-refractivity contribution in [2.24, 2.45) is 0 Å². The van der Waals surface area contributed by atoms with Gasteiger partial charge in [-0.1, -0.05) is 0 Å². The Morgan fingerprint density at radius 3 is 2.88 bits per heavy atom. The van der Waals surface area contributed by atoms with Crippen molar-refractivity contribution in [3.8, 4) is 5.75 Å². The van der Waals surface area contributed by atoms with E-state index in [-0.39, 0.29) is 6.61 Å². The van der Waals surface area contributed by atoms with Crippen LogP contribution in [0.15, 0.2) is 12.1 Å². The number of nitrogens with zero attached hydrogens (tertiary/aromatic N) is 1. The highest BCUT2D eigenvalue weighted by atomic mass is 16.5. The zero-order valence-corrected chi connectivity index (χ0v) is 9.48. The van der Waals surface area contributed by atoms with Crippen molar-refractivity contribution in [2.75, 3.05) is 13.2 Å². The molecule has 1 aromatic rings. The van der Waals surface area contributed by atoms with Gasteiger partial charge in [-0.3, -0.25) is 4.79 Å². The number of pyridine rings is 1. The lowest BCUT2D eigenvalue weighted by Gasteiger charge is -2.07. The Hall–Kier alpha value is -1.42. The van der Waals surface area contributed by atoms with Gasteiger partial charge in [0.25, 0.3) is 0 Å². The molecule has 0 amide bonds. The number of carbonyl (C=O) groups is 1. The first-order valence-electron chi connectivity index (χ1n) is 5.44. The van der Waals surface area contributed by atoms with E-state index in [9.17, 15) is 4.79 Å². The van der Waals surface area contributed by atoms with Crippen LogP contribution in [0.5, 0.6) is 5.75 Å². The smallest absolute Gasteiger partial charge is 0.172 e. The van der Waals surface area contributed by atoms with Crippen LogP contribution >= 0.6 is 0 Å². The summed E-state index contributed by atoms with van der Waals surface area (Å²) >= 11 is 0. The molecule has 1 rings (SSSR count). The first-order valence-corrected chi connectivity index (χ1v) is 5.44. The normalized spacial score (nSPS) is 10.1. The Balaban J connectivity index is 2.44. The van der Waals surface area contributed by atoms with E-state index in [0.717, 1.165) is 25.0 Å². The van der Waals surface area contributed by atoms with E-state index in [2.05, 4.69) is 4.98 Å².